The van der Waals surface area contributed by atoms with Gasteiger partial charge in [0.1, 0.15) is 17.5 Å². The average Bonchev–Trinajstić information content (AvgIpc) is 3.55. The third kappa shape index (κ3) is 9.45. The number of carbonyl (C=O) groups is 1. The molecule has 0 spiro atoms. The first-order valence-corrected chi connectivity index (χ1v) is 18.3. The molecule has 0 saturated carbocycles. The van der Waals surface area contributed by atoms with E-state index in [1.807, 2.05) is 66.3 Å². The van der Waals surface area contributed by atoms with Crippen LogP contribution in [0.3, 0.4) is 0 Å². The molecule has 0 aliphatic rings. The van der Waals surface area contributed by atoms with Gasteiger partial charge in [0.25, 0.3) is 0 Å². The van der Waals surface area contributed by atoms with Crippen LogP contribution in [-0.4, -0.2) is 20.9 Å². The molecule has 1 N–H and O–H groups in total. The molecule has 0 saturated heterocycles. The SMILES string of the molecule is CC(C)Cc1ccnc2c(-c3ccnc(-c4[c-]c5ccccc5c(C(C)(C)C)c4)c3)coc12.CCC(C)(CC)C(=O)/C=C(\O)C(C)(CC)CC.[Ir]. The van der Waals surface area contributed by atoms with Gasteiger partial charge in [0.05, 0.1) is 0 Å². The fourth-order valence-corrected chi connectivity index (χ4v) is 6.21. The normalized spacial score (nSPS) is 12.5. The van der Waals surface area contributed by atoms with Gasteiger partial charge in [0, 0.05) is 60.7 Å². The maximum absolute atomic E-state index is 12.2. The van der Waals surface area contributed by atoms with Gasteiger partial charge in [-0.2, -0.15) is 0 Å². The number of allylic oxidation sites excluding steroid dienone is 2. The summed E-state index contributed by atoms with van der Waals surface area (Å²) in [7, 11) is 0. The number of hydrogen-bond acceptors (Lipinski definition) is 5. The van der Waals surface area contributed by atoms with E-state index < -0.39 is 0 Å². The molecule has 0 atom stereocenters. The number of benzene rings is 2. The van der Waals surface area contributed by atoms with Crippen LogP contribution in [0.2, 0.25) is 0 Å². The standard InChI is InChI=1S/C30H29N2O.C15H28O2.Ir/c1-19(2)14-22-11-13-32-28-25(18-33-29(22)28)21-10-12-31-27(17-21)23-15-20-8-6-7-9-24(20)26(16-23)30(3,4)5;1-7-14(5,8-2)12(16)11-13(17)15(6,9-3)10-4;/h6-13,16-19H,14H2,1-5H3;11,16H,7-10H2,1-6H3;/q-1;;/b;12-11-;. The van der Waals surface area contributed by atoms with Crippen LogP contribution in [0.1, 0.15) is 113 Å². The Morgan fingerprint density at radius 1 is 0.882 bits per heavy atom. The van der Waals surface area contributed by atoms with Crippen molar-refractivity contribution in [2.45, 2.75) is 114 Å². The Hall–Kier alpha value is -3.60. The Bertz CT molecular complexity index is 1960. The summed E-state index contributed by atoms with van der Waals surface area (Å²) in [6.07, 6.45) is 11.3. The van der Waals surface area contributed by atoms with Gasteiger partial charge >= 0.3 is 0 Å². The summed E-state index contributed by atoms with van der Waals surface area (Å²) in [5.74, 6) is 0.839. The van der Waals surface area contributed by atoms with E-state index in [0.717, 1.165) is 71.0 Å². The predicted molar refractivity (Wildman–Crippen MR) is 209 cm³/mol. The number of nitrogens with zero attached hydrogens (tertiary/aromatic N) is 2. The number of aromatic nitrogens is 2. The molecule has 6 heteroatoms. The molecule has 0 aliphatic carbocycles. The molecule has 0 amide bonds. The third-order valence-electron chi connectivity index (χ3n) is 10.7. The maximum atomic E-state index is 12.2. The number of aliphatic hydroxyl groups excluding tert-OH is 1. The second kappa shape index (κ2) is 17.3. The van der Waals surface area contributed by atoms with Gasteiger partial charge in [0.15, 0.2) is 11.4 Å². The quantitative estimate of drug-likeness (QED) is 0.0813. The smallest absolute Gasteiger partial charge is 0.164 e. The fourth-order valence-electron chi connectivity index (χ4n) is 6.21. The fraction of sp³-hybridized carbons (Fsp3) is 0.444. The topological polar surface area (TPSA) is 76.2 Å². The van der Waals surface area contributed by atoms with Crippen LogP contribution in [0, 0.1) is 22.8 Å². The zero-order valence-corrected chi connectivity index (χ0v) is 34.9. The monoisotopic (exact) mass is 866 g/mol. The molecule has 5 rings (SSSR count). The predicted octanol–water partition coefficient (Wildman–Crippen LogP) is 12.7. The minimum atomic E-state index is -0.337. The molecule has 2 aromatic carbocycles. The zero-order valence-electron chi connectivity index (χ0n) is 32.5. The number of pyridine rings is 2. The number of ketones is 1. The van der Waals surface area contributed by atoms with E-state index in [0.29, 0.717) is 5.92 Å². The summed E-state index contributed by atoms with van der Waals surface area (Å²) in [4.78, 5) is 21.5. The van der Waals surface area contributed by atoms with Gasteiger partial charge in [-0.15, -0.1) is 29.1 Å². The van der Waals surface area contributed by atoms with E-state index in [4.69, 9.17) is 9.40 Å². The molecule has 0 aliphatic heterocycles. The second-order valence-corrected chi connectivity index (χ2v) is 15.6. The largest absolute Gasteiger partial charge is 0.512 e. The minimum Gasteiger partial charge on any atom is -0.512 e. The van der Waals surface area contributed by atoms with Gasteiger partial charge in [0.2, 0.25) is 0 Å². The van der Waals surface area contributed by atoms with E-state index in [2.05, 4.69) is 88.1 Å². The molecule has 0 bridgehead atoms. The van der Waals surface area contributed by atoms with E-state index in [9.17, 15) is 9.90 Å². The van der Waals surface area contributed by atoms with Crippen LogP contribution >= 0.6 is 0 Å². The third-order valence-corrected chi connectivity index (χ3v) is 10.7. The summed E-state index contributed by atoms with van der Waals surface area (Å²) in [5, 5.41) is 12.5. The summed E-state index contributed by atoms with van der Waals surface area (Å²) in [6.45, 7) is 23.3. The van der Waals surface area contributed by atoms with Crippen molar-refractivity contribution in [1.29, 1.82) is 0 Å². The number of rotatable bonds is 11. The molecule has 1 radical (unpaired) electrons. The van der Waals surface area contributed by atoms with Crippen molar-refractivity contribution in [2.75, 3.05) is 0 Å². The first kappa shape index (κ1) is 41.8. The van der Waals surface area contributed by atoms with Crippen molar-refractivity contribution in [2.24, 2.45) is 16.7 Å². The molecule has 51 heavy (non-hydrogen) atoms. The molecule has 3 aromatic heterocycles. The van der Waals surface area contributed by atoms with Crippen LogP contribution in [0.15, 0.2) is 83.4 Å². The molecule has 5 aromatic rings. The van der Waals surface area contributed by atoms with Crippen LogP contribution in [0.5, 0.6) is 0 Å². The van der Waals surface area contributed by atoms with E-state index in [1.165, 1.54) is 22.6 Å². The number of fused-ring (bicyclic) bond motifs is 2. The molecule has 275 valence electrons. The Balaban J connectivity index is 0.000000335. The molecule has 3 heterocycles. The second-order valence-electron chi connectivity index (χ2n) is 15.6. The van der Waals surface area contributed by atoms with Gasteiger partial charge < -0.3 is 9.52 Å². The molecule has 0 unspecified atom stereocenters. The summed E-state index contributed by atoms with van der Waals surface area (Å²) in [6, 6.07) is 20.5. The van der Waals surface area contributed by atoms with Crippen molar-refractivity contribution >= 4 is 27.7 Å². The van der Waals surface area contributed by atoms with E-state index >= 15 is 0 Å². The van der Waals surface area contributed by atoms with Crippen molar-refractivity contribution in [3.05, 3.63) is 96.2 Å². The van der Waals surface area contributed by atoms with E-state index in [1.54, 1.807) is 0 Å². The van der Waals surface area contributed by atoms with Crippen molar-refractivity contribution in [3.63, 3.8) is 0 Å². The molecule has 5 nitrogen and oxygen atoms in total. The summed E-state index contributed by atoms with van der Waals surface area (Å²) in [5.41, 5.74) is 7.64. The maximum Gasteiger partial charge on any atom is 0.164 e. The van der Waals surface area contributed by atoms with Gasteiger partial charge in [-0.05, 0) is 66.7 Å². The summed E-state index contributed by atoms with van der Waals surface area (Å²) < 4.78 is 6.01. The van der Waals surface area contributed by atoms with Crippen LogP contribution in [0.4, 0.5) is 0 Å². The molecular formula is C45H57IrN2O3-. The van der Waals surface area contributed by atoms with Crippen molar-refractivity contribution < 1.29 is 34.4 Å². The number of carbonyl (C=O) groups excluding carboxylic acids is 1. The number of aliphatic hydroxyl groups is 1. The van der Waals surface area contributed by atoms with Crippen LogP contribution < -0.4 is 0 Å². The van der Waals surface area contributed by atoms with Crippen molar-refractivity contribution in [1.82, 2.24) is 9.97 Å². The Morgan fingerprint density at radius 3 is 2.12 bits per heavy atom. The Morgan fingerprint density at radius 2 is 1.51 bits per heavy atom. The zero-order chi connectivity index (χ0) is 36.9. The minimum absolute atomic E-state index is 0. The Labute approximate surface area is 319 Å². The van der Waals surface area contributed by atoms with Crippen LogP contribution in [-0.2, 0) is 36.7 Å². The number of furan rings is 1. The van der Waals surface area contributed by atoms with Gasteiger partial charge in [-0.1, -0.05) is 111 Å². The first-order chi connectivity index (χ1) is 23.6. The first-order valence-electron chi connectivity index (χ1n) is 18.3. The Kier molecular flexibility index (Phi) is 14.2. The van der Waals surface area contributed by atoms with Gasteiger partial charge in [-0.25, -0.2) is 0 Å². The van der Waals surface area contributed by atoms with Gasteiger partial charge in [-0.3, -0.25) is 14.8 Å². The number of hydrogen-bond donors (Lipinski definition) is 1. The molecule has 0 fully saturated rings. The van der Waals surface area contributed by atoms with Crippen LogP contribution in [0.25, 0.3) is 44.3 Å². The average molecular weight is 866 g/mol. The molecular weight excluding hydrogens is 809 g/mol. The van der Waals surface area contributed by atoms with Crippen molar-refractivity contribution in [3.8, 4) is 22.4 Å². The van der Waals surface area contributed by atoms with E-state index in [-0.39, 0.29) is 47.9 Å². The summed E-state index contributed by atoms with van der Waals surface area (Å²) >= 11 is 0.